The Bertz CT molecular complexity index is 1280. The van der Waals surface area contributed by atoms with Gasteiger partial charge in [-0.1, -0.05) is 35.9 Å². The van der Waals surface area contributed by atoms with E-state index in [1.807, 2.05) is 6.07 Å². The van der Waals surface area contributed by atoms with Crippen molar-refractivity contribution in [3.05, 3.63) is 98.3 Å². The fraction of sp³-hybridized carbons (Fsp3) is 0.0952. The lowest BCUT2D eigenvalue weighted by Crippen LogP contribution is -2.40. The zero-order chi connectivity index (χ0) is 19.7. The van der Waals surface area contributed by atoms with Gasteiger partial charge >= 0.3 is 5.69 Å². The lowest BCUT2D eigenvalue weighted by atomic mass is 10.2. The molecule has 7 heteroatoms. The first-order valence-corrected chi connectivity index (χ1v) is 8.96. The molecule has 0 amide bonds. The predicted molar refractivity (Wildman–Crippen MR) is 109 cm³/mol. The number of methoxy groups -OCH3 is 1. The second kappa shape index (κ2) is 7.32. The number of hydrogen-bond donors (Lipinski definition) is 0. The topological polar surface area (TPSA) is 66.1 Å². The molecule has 0 fully saturated rings. The van der Waals surface area contributed by atoms with Gasteiger partial charge in [-0.15, -0.1) is 0 Å². The van der Waals surface area contributed by atoms with Gasteiger partial charge in [0.1, 0.15) is 5.75 Å². The summed E-state index contributed by atoms with van der Waals surface area (Å²) in [6.45, 7) is 0.120. The van der Waals surface area contributed by atoms with Crippen LogP contribution in [-0.2, 0) is 6.54 Å². The summed E-state index contributed by atoms with van der Waals surface area (Å²) >= 11 is 5.94. The van der Waals surface area contributed by atoms with Crippen molar-refractivity contribution < 1.29 is 4.74 Å². The first kappa shape index (κ1) is 18.0. The van der Waals surface area contributed by atoms with Crippen molar-refractivity contribution in [3.8, 4) is 11.4 Å². The number of benzene rings is 2. The number of para-hydroxylation sites is 2. The number of rotatable bonds is 4. The summed E-state index contributed by atoms with van der Waals surface area (Å²) in [6.07, 6.45) is 1.55. The molecular formula is C21H16ClN3O3. The number of fused-ring (bicyclic) bond motifs is 1. The zero-order valence-electron chi connectivity index (χ0n) is 15.0. The van der Waals surface area contributed by atoms with Gasteiger partial charge in [-0.2, -0.15) is 0 Å². The fourth-order valence-corrected chi connectivity index (χ4v) is 3.26. The third-order valence-corrected chi connectivity index (χ3v) is 4.73. The van der Waals surface area contributed by atoms with E-state index in [4.69, 9.17) is 16.3 Å². The zero-order valence-corrected chi connectivity index (χ0v) is 15.8. The van der Waals surface area contributed by atoms with E-state index in [9.17, 15) is 9.59 Å². The molecule has 0 bridgehead atoms. The van der Waals surface area contributed by atoms with Gasteiger partial charge in [0, 0.05) is 11.2 Å². The number of aromatic nitrogens is 3. The van der Waals surface area contributed by atoms with Gasteiger partial charge in [-0.05, 0) is 42.0 Å². The number of halogens is 1. The largest absolute Gasteiger partial charge is 0.495 e. The van der Waals surface area contributed by atoms with E-state index < -0.39 is 11.2 Å². The highest BCUT2D eigenvalue weighted by molar-refractivity contribution is 6.30. The average Bonchev–Trinajstić information content (AvgIpc) is 2.73. The van der Waals surface area contributed by atoms with E-state index in [1.54, 1.807) is 60.8 Å². The van der Waals surface area contributed by atoms with Gasteiger partial charge < -0.3 is 4.74 Å². The van der Waals surface area contributed by atoms with Crippen LogP contribution in [0.15, 0.2) is 76.4 Å². The van der Waals surface area contributed by atoms with Crippen LogP contribution in [0.4, 0.5) is 0 Å². The molecule has 140 valence electrons. The highest BCUT2D eigenvalue weighted by atomic mass is 35.5. The molecule has 28 heavy (non-hydrogen) atoms. The Hall–Kier alpha value is -3.38. The summed E-state index contributed by atoms with van der Waals surface area (Å²) < 4.78 is 8.02. The quantitative estimate of drug-likeness (QED) is 0.533. The minimum absolute atomic E-state index is 0.120. The van der Waals surface area contributed by atoms with Gasteiger partial charge in [0.2, 0.25) is 0 Å². The summed E-state index contributed by atoms with van der Waals surface area (Å²) in [7, 11) is 1.53. The molecule has 0 aliphatic rings. The average molecular weight is 394 g/mol. The Labute approximate surface area is 165 Å². The number of pyridine rings is 1. The van der Waals surface area contributed by atoms with Crippen LogP contribution in [0.2, 0.25) is 5.02 Å². The van der Waals surface area contributed by atoms with E-state index in [1.165, 1.54) is 16.2 Å². The third-order valence-electron chi connectivity index (χ3n) is 4.48. The van der Waals surface area contributed by atoms with E-state index in [0.29, 0.717) is 21.8 Å². The molecule has 0 saturated carbocycles. The molecule has 0 aliphatic heterocycles. The molecule has 0 N–H and O–H groups in total. The Morgan fingerprint density at radius 3 is 2.50 bits per heavy atom. The lowest BCUT2D eigenvalue weighted by molar-refractivity contribution is 0.412. The van der Waals surface area contributed by atoms with Crippen molar-refractivity contribution >= 4 is 22.6 Å². The molecule has 4 aromatic rings. The van der Waals surface area contributed by atoms with Crippen LogP contribution < -0.4 is 16.0 Å². The highest BCUT2D eigenvalue weighted by Gasteiger charge is 2.17. The Balaban J connectivity index is 2.03. The number of nitrogens with zero attached hydrogens (tertiary/aromatic N) is 3. The molecule has 0 aliphatic carbocycles. The van der Waals surface area contributed by atoms with Crippen molar-refractivity contribution in [2.24, 2.45) is 0 Å². The second-order valence-corrected chi connectivity index (χ2v) is 6.62. The van der Waals surface area contributed by atoms with Gasteiger partial charge in [-0.3, -0.25) is 9.36 Å². The Kier molecular flexibility index (Phi) is 4.71. The van der Waals surface area contributed by atoms with Crippen molar-refractivity contribution in [2.45, 2.75) is 6.54 Å². The van der Waals surface area contributed by atoms with Crippen LogP contribution in [0.1, 0.15) is 5.56 Å². The van der Waals surface area contributed by atoms with Crippen molar-refractivity contribution in [1.29, 1.82) is 0 Å². The van der Waals surface area contributed by atoms with Gasteiger partial charge in [-0.25, -0.2) is 14.3 Å². The first-order valence-electron chi connectivity index (χ1n) is 8.58. The molecule has 0 radical (unpaired) electrons. The van der Waals surface area contributed by atoms with Crippen LogP contribution in [0, 0.1) is 0 Å². The molecule has 6 nitrogen and oxygen atoms in total. The SMILES string of the molecule is COc1ccccc1-n1c(=O)n(Cc2ccc(Cl)cc2)c(=O)c2cccnc21. The fourth-order valence-electron chi connectivity index (χ4n) is 3.13. The van der Waals surface area contributed by atoms with Gasteiger partial charge in [0.05, 0.1) is 24.7 Å². The smallest absolute Gasteiger partial charge is 0.337 e. The van der Waals surface area contributed by atoms with Crippen LogP contribution >= 0.6 is 11.6 Å². The molecule has 2 aromatic carbocycles. The minimum Gasteiger partial charge on any atom is -0.495 e. The molecular weight excluding hydrogens is 378 g/mol. The van der Waals surface area contributed by atoms with Crippen molar-refractivity contribution in [1.82, 2.24) is 14.1 Å². The summed E-state index contributed by atoms with van der Waals surface area (Å²) in [4.78, 5) is 30.6. The maximum absolute atomic E-state index is 13.3. The van der Waals surface area contributed by atoms with Gasteiger partial charge in [0.25, 0.3) is 5.56 Å². The number of ether oxygens (including phenoxy) is 1. The maximum Gasteiger partial charge on any atom is 0.337 e. The molecule has 0 unspecified atom stereocenters. The minimum atomic E-state index is -0.490. The third kappa shape index (κ3) is 3.08. The monoisotopic (exact) mass is 393 g/mol. The summed E-state index contributed by atoms with van der Waals surface area (Å²) in [5.74, 6) is 0.508. The lowest BCUT2D eigenvalue weighted by Gasteiger charge is -2.15. The summed E-state index contributed by atoms with van der Waals surface area (Å²) in [6, 6.07) is 17.5. The molecule has 4 rings (SSSR count). The van der Waals surface area contributed by atoms with E-state index in [-0.39, 0.29) is 12.2 Å². The van der Waals surface area contributed by atoms with Crippen LogP contribution in [-0.4, -0.2) is 21.2 Å². The maximum atomic E-state index is 13.3. The van der Waals surface area contributed by atoms with Crippen LogP contribution in [0.3, 0.4) is 0 Å². The summed E-state index contributed by atoms with van der Waals surface area (Å²) in [5, 5.41) is 0.937. The molecule has 0 atom stereocenters. The second-order valence-electron chi connectivity index (χ2n) is 6.18. The Morgan fingerprint density at radius 2 is 1.75 bits per heavy atom. The number of hydrogen-bond acceptors (Lipinski definition) is 4. The van der Waals surface area contributed by atoms with E-state index in [2.05, 4.69) is 4.98 Å². The summed E-state index contributed by atoms with van der Waals surface area (Å²) in [5.41, 5.74) is 0.709. The van der Waals surface area contributed by atoms with Crippen LogP contribution in [0.5, 0.6) is 5.75 Å². The van der Waals surface area contributed by atoms with Crippen molar-refractivity contribution in [3.63, 3.8) is 0 Å². The van der Waals surface area contributed by atoms with Crippen LogP contribution in [0.25, 0.3) is 16.7 Å². The van der Waals surface area contributed by atoms with Gasteiger partial charge in [0.15, 0.2) is 5.65 Å². The standard InChI is InChI=1S/C21H16ClN3O3/c1-28-18-7-3-2-6-17(18)25-19-16(5-4-12-23-19)20(26)24(21(25)27)13-14-8-10-15(22)11-9-14/h2-12H,13H2,1H3. The van der Waals surface area contributed by atoms with E-state index in [0.717, 1.165) is 5.56 Å². The first-order chi connectivity index (χ1) is 13.6. The molecule has 0 saturated heterocycles. The van der Waals surface area contributed by atoms with E-state index >= 15 is 0 Å². The normalized spacial score (nSPS) is 10.9. The highest BCUT2D eigenvalue weighted by Crippen LogP contribution is 2.22. The predicted octanol–water partition coefficient (Wildman–Crippen LogP) is 3.26. The molecule has 2 heterocycles. The molecule has 2 aromatic heterocycles. The van der Waals surface area contributed by atoms with Crippen molar-refractivity contribution in [2.75, 3.05) is 7.11 Å². The molecule has 0 spiro atoms. The Morgan fingerprint density at radius 1 is 1.00 bits per heavy atom.